The number of rotatable bonds is 0. The van der Waals surface area contributed by atoms with Crippen LogP contribution in [0.1, 0.15) is 6.92 Å². The van der Waals surface area contributed by atoms with Gasteiger partial charge in [-0.3, -0.25) is 0 Å². The van der Waals surface area contributed by atoms with Crippen LogP contribution in [0.25, 0.3) is 0 Å². The lowest BCUT2D eigenvalue weighted by molar-refractivity contribution is -0.110. The van der Waals surface area contributed by atoms with Gasteiger partial charge in [0, 0.05) is 0 Å². The predicted molar refractivity (Wildman–Crippen MR) is 26.5 cm³/mol. The lowest BCUT2D eigenvalue weighted by Gasteiger charge is -2.21. The fraction of sp³-hybridized carbons (Fsp3) is 0.800. The molecular weight excluding hydrogens is 127 g/mol. The van der Waals surface area contributed by atoms with E-state index in [0.29, 0.717) is 0 Å². The Kier molecular flexibility index (Phi) is 1.55. The summed E-state index contributed by atoms with van der Waals surface area (Å²) in [5, 5.41) is 0. The van der Waals surface area contributed by atoms with E-state index < -0.39 is 12.5 Å². The second-order valence-electron chi connectivity index (χ2n) is 2.01. The van der Waals surface area contributed by atoms with Gasteiger partial charge in [0.2, 0.25) is 0 Å². The van der Waals surface area contributed by atoms with E-state index in [1.807, 2.05) is 0 Å². The normalized spacial score (nSPS) is 35.1. The smallest absolute Gasteiger partial charge is 0.434 e. The minimum absolute atomic E-state index is 0.111. The minimum atomic E-state index is -1.49. The molecule has 0 N–H and O–H groups in total. The molecule has 2 unspecified atom stereocenters. The third kappa shape index (κ3) is 1.31. The fourth-order valence-corrected chi connectivity index (χ4v) is 0.517. The highest BCUT2D eigenvalue weighted by Crippen LogP contribution is 2.15. The summed E-state index contributed by atoms with van der Waals surface area (Å²) in [6, 6.07) is 0. The summed E-state index contributed by atoms with van der Waals surface area (Å²) in [5.41, 5.74) is 0. The molecule has 1 heterocycles. The second-order valence-corrected chi connectivity index (χ2v) is 2.01. The predicted octanol–water partition coefficient (Wildman–Crippen LogP) is 1.08. The average molecular weight is 134 g/mol. The molecule has 0 aliphatic carbocycles. The second kappa shape index (κ2) is 2.21. The zero-order valence-electron chi connectivity index (χ0n) is 4.96. The highest BCUT2D eigenvalue weighted by molar-refractivity contribution is 5.60. The number of cyclic esters (lactones) is 2. The summed E-state index contributed by atoms with van der Waals surface area (Å²) >= 11 is 0. The molecule has 2 atom stereocenters. The van der Waals surface area contributed by atoms with Crippen molar-refractivity contribution in [1.29, 1.82) is 0 Å². The molecule has 0 saturated carbocycles. The van der Waals surface area contributed by atoms with Crippen LogP contribution in [-0.4, -0.2) is 19.1 Å². The van der Waals surface area contributed by atoms with Crippen molar-refractivity contribution in [2.45, 2.75) is 13.3 Å². The van der Waals surface area contributed by atoms with Gasteiger partial charge in [-0.25, -0.2) is 9.18 Å². The Morgan fingerprint density at radius 3 is 2.89 bits per heavy atom. The van der Waals surface area contributed by atoms with Crippen LogP contribution in [0.3, 0.4) is 0 Å². The summed E-state index contributed by atoms with van der Waals surface area (Å²) in [6.07, 6.45) is -2.41. The first-order valence-electron chi connectivity index (χ1n) is 2.67. The van der Waals surface area contributed by atoms with Crippen LogP contribution >= 0.6 is 0 Å². The van der Waals surface area contributed by atoms with E-state index >= 15 is 0 Å². The van der Waals surface area contributed by atoms with Crippen molar-refractivity contribution in [2.24, 2.45) is 5.92 Å². The van der Waals surface area contributed by atoms with Gasteiger partial charge in [0.15, 0.2) is 0 Å². The van der Waals surface area contributed by atoms with E-state index in [4.69, 9.17) is 0 Å². The van der Waals surface area contributed by atoms with Crippen LogP contribution in [0.5, 0.6) is 0 Å². The lowest BCUT2D eigenvalue weighted by atomic mass is 10.2. The van der Waals surface area contributed by atoms with Crippen molar-refractivity contribution in [2.75, 3.05) is 6.61 Å². The number of hydrogen-bond acceptors (Lipinski definition) is 3. The van der Waals surface area contributed by atoms with Gasteiger partial charge in [0.05, 0.1) is 5.92 Å². The van der Waals surface area contributed by atoms with Gasteiger partial charge in [0.25, 0.3) is 6.36 Å². The van der Waals surface area contributed by atoms with Crippen LogP contribution in [0.15, 0.2) is 0 Å². The van der Waals surface area contributed by atoms with E-state index in [-0.39, 0.29) is 12.5 Å². The molecule has 52 valence electrons. The Balaban J connectivity index is 2.44. The number of carbonyl (C=O) groups excluding carboxylic acids is 1. The number of alkyl halides is 1. The summed E-state index contributed by atoms with van der Waals surface area (Å²) < 4.78 is 20.7. The van der Waals surface area contributed by atoms with Gasteiger partial charge < -0.3 is 9.47 Å². The van der Waals surface area contributed by atoms with Crippen LogP contribution in [0.4, 0.5) is 9.18 Å². The van der Waals surface area contributed by atoms with Gasteiger partial charge in [-0.2, -0.15) is 0 Å². The molecule has 4 heteroatoms. The van der Waals surface area contributed by atoms with Crippen molar-refractivity contribution >= 4 is 6.16 Å². The summed E-state index contributed by atoms with van der Waals surface area (Å²) in [4.78, 5) is 10.1. The monoisotopic (exact) mass is 134 g/mol. The van der Waals surface area contributed by atoms with E-state index in [9.17, 15) is 9.18 Å². The molecule has 1 aliphatic heterocycles. The average Bonchev–Trinajstić information content (AvgIpc) is 1.80. The molecular formula is C5H7FO3. The first kappa shape index (κ1) is 6.32. The van der Waals surface area contributed by atoms with Crippen molar-refractivity contribution in [3.05, 3.63) is 0 Å². The lowest BCUT2D eigenvalue weighted by Crippen LogP contribution is -2.31. The highest BCUT2D eigenvalue weighted by atomic mass is 19.1. The summed E-state index contributed by atoms with van der Waals surface area (Å²) in [7, 11) is 0. The van der Waals surface area contributed by atoms with Gasteiger partial charge in [-0.05, 0) is 0 Å². The van der Waals surface area contributed by atoms with Crippen LogP contribution in [0, 0.1) is 5.92 Å². The third-order valence-corrected chi connectivity index (χ3v) is 1.12. The number of ether oxygens (including phenoxy) is 2. The molecule has 3 nitrogen and oxygen atoms in total. The SMILES string of the molecule is CC1COC(=O)OC1F. The molecule has 0 amide bonds. The molecule has 9 heavy (non-hydrogen) atoms. The molecule has 1 aliphatic rings. The molecule has 1 fully saturated rings. The van der Waals surface area contributed by atoms with Gasteiger partial charge in [0.1, 0.15) is 6.61 Å². The Morgan fingerprint density at radius 2 is 2.44 bits per heavy atom. The topological polar surface area (TPSA) is 35.5 Å². The third-order valence-electron chi connectivity index (χ3n) is 1.12. The fourth-order valence-electron chi connectivity index (χ4n) is 0.517. The summed E-state index contributed by atoms with van der Waals surface area (Å²) in [5.74, 6) is -0.345. The maximum absolute atomic E-state index is 12.3. The Morgan fingerprint density at radius 1 is 1.78 bits per heavy atom. The maximum atomic E-state index is 12.3. The van der Waals surface area contributed by atoms with Gasteiger partial charge in [-0.1, -0.05) is 6.92 Å². The van der Waals surface area contributed by atoms with E-state index in [1.165, 1.54) is 0 Å². The van der Waals surface area contributed by atoms with E-state index in [1.54, 1.807) is 6.92 Å². The summed E-state index contributed by atoms with van der Waals surface area (Å²) in [6.45, 7) is 1.72. The molecule has 1 saturated heterocycles. The maximum Gasteiger partial charge on any atom is 0.510 e. The first-order valence-corrected chi connectivity index (χ1v) is 2.67. The standard InChI is InChI=1S/C5H7FO3/c1-3-2-8-5(7)9-4(3)6/h3-4H,2H2,1H3. The Labute approximate surface area is 51.7 Å². The van der Waals surface area contributed by atoms with Crippen LogP contribution < -0.4 is 0 Å². The zero-order chi connectivity index (χ0) is 6.85. The first-order chi connectivity index (χ1) is 4.20. The van der Waals surface area contributed by atoms with Crippen LogP contribution in [0.2, 0.25) is 0 Å². The number of hydrogen-bond donors (Lipinski definition) is 0. The highest BCUT2D eigenvalue weighted by Gasteiger charge is 2.27. The van der Waals surface area contributed by atoms with Crippen molar-refractivity contribution in [3.8, 4) is 0 Å². The molecule has 0 spiro atoms. The van der Waals surface area contributed by atoms with Crippen molar-refractivity contribution < 1.29 is 18.7 Å². The van der Waals surface area contributed by atoms with Gasteiger partial charge >= 0.3 is 6.16 Å². The minimum Gasteiger partial charge on any atom is -0.434 e. The van der Waals surface area contributed by atoms with Crippen molar-refractivity contribution in [3.63, 3.8) is 0 Å². The van der Waals surface area contributed by atoms with Crippen LogP contribution in [-0.2, 0) is 9.47 Å². The van der Waals surface area contributed by atoms with Crippen molar-refractivity contribution in [1.82, 2.24) is 0 Å². The van der Waals surface area contributed by atoms with E-state index in [0.717, 1.165) is 0 Å². The Bertz CT molecular complexity index is 125. The van der Waals surface area contributed by atoms with Gasteiger partial charge in [-0.15, -0.1) is 0 Å². The largest absolute Gasteiger partial charge is 0.510 e. The molecule has 1 rings (SSSR count). The van der Waals surface area contributed by atoms with E-state index in [2.05, 4.69) is 9.47 Å². The Hall–Kier alpha value is -0.800. The number of carbonyl (C=O) groups is 1. The molecule has 0 aromatic rings. The number of halogens is 1. The zero-order valence-corrected chi connectivity index (χ0v) is 4.96. The molecule has 0 aromatic heterocycles. The quantitative estimate of drug-likeness (QED) is 0.465. The molecule has 0 radical (unpaired) electrons. The molecule has 0 bridgehead atoms. The molecule has 0 aromatic carbocycles.